The van der Waals surface area contributed by atoms with Crippen molar-refractivity contribution in [2.75, 3.05) is 14.2 Å². The molecule has 24 heavy (non-hydrogen) atoms. The van der Waals surface area contributed by atoms with E-state index >= 15 is 0 Å². The standard InChI is InChI=1S/C18H23N3O2S/c1-11-8-15(22-2)16(23-3)9-13(11)10-24-18-20-19-17(12-4-5-12)21(18)14-6-7-14/h8-9,12,14H,4-7,10H2,1-3H3. The Hall–Kier alpha value is -1.69. The van der Waals surface area contributed by atoms with Gasteiger partial charge in [-0.2, -0.15) is 0 Å². The Morgan fingerprint density at radius 1 is 1.08 bits per heavy atom. The van der Waals surface area contributed by atoms with Crippen molar-refractivity contribution in [3.63, 3.8) is 0 Å². The van der Waals surface area contributed by atoms with Gasteiger partial charge in [-0.15, -0.1) is 10.2 Å². The second kappa shape index (κ2) is 6.31. The van der Waals surface area contributed by atoms with E-state index in [1.165, 1.54) is 42.6 Å². The molecule has 5 nitrogen and oxygen atoms in total. The zero-order valence-electron chi connectivity index (χ0n) is 14.4. The molecule has 2 saturated carbocycles. The van der Waals surface area contributed by atoms with Crippen molar-refractivity contribution in [2.24, 2.45) is 0 Å². The first-order chi connectivity index (χ1) is 11.7. The maximum Gasteiger partial charge on any atom is 0.191 e. The fraction of sp³-hybridized carbons (Fsp3) is 0.556. The zero-order chi connectivity index (χ0) is 16.7. The van der Waals surface area contributed by atoms with Gasteiger partial charge in [0.15, 0.2) is 16.7 Å². The van der Waals surface area contributed by atoms with Gasteiger partial charge < -0.3 is 14.0 Å². The van der Waals surface area contributed by atoms with E-state index in [-0.39, 0.29) is 0 Å². The van der Waals surface area contributed by atoms with Crippen LogP contribution in [0.25, 0.3) is 0 Å². The average Bonchev–Trinajstić information content (AvgIpc) is 3.52. The summed E-state index contributed by atoms with van der Waals surface area (Å²) >= 11 is 1.77. The van der Waals surface area contributed by atoms with Crippen LogP contribution in [0.1, 0.15) is 54.6 Å². The molecule has 0 bridgehead atoms. The van der Waals surface area contributed by atoms with Crippen molar-refractivity contribution in [3.8, 4) is 11.5 Å². The topological polar surface area (TPSA) is 49.2 Å². The number of benzene rings is 1. The van der Waals surface area contributed by atoms with E-state index in [0.717, 1.165) is 22.4 Å². The molecule has 2 aromatic rings. The maximum atomic E-state index is 5.43. The van der Waals surface area contributed by atoms with E-state index < -0.39 is 0 Å². The molecular weight excluding hydrogens is 322 g/mol. The summed E-state index contributed by atoms with van der Waals surface area (Å²) in [6.45, 7) is 2.11. The van der Waals surface area contributed by atoms with Gasteiger partial charge in [0.05, 0.1) is 14.2 Å². The van der Waals surface area contributed by atoms with E-state index in [1.807, 2.05) is 6.07 Å². The Morgan fingerprint density at radius 3 is 2.42 bits per heavy atom. The second-order valence-electron chi connectivity index (χ2n) is 6.64. The predicted octanol–water partition coefficient (Wildman–Crippen LogP) is 4.11. The summed E-state index contributed by atoms with van der Waals surface area (Å²) in [5.74, 6) is 4.28. The first kappa shape index (κ1) is 15.8. The van der Waals surface area contributed by atoms with E-state index in [2.05, 4.69) is 27.8 Å². The summed E-state index contributed by atoms with van der Waals surface area (Å²) < 4.78 is 13.2. The fourth-order valence-corrected chi connectivity index (χ4v) is 4.08. The van der Waals surface area contributed by atoms with Crippen molar-refractivity contribution in [2.45, 2.75) is 55.5 Å². The molecule has 4 rings (SSSR count). The molecule has 6 heteroatoms. The molecule has 0 N–H and O–H groups in total. The molecule has 2 fully saturated rings. The third-order valence-electron chi connectivity index (χ3n) is 4.74. The molecule has 1 aromatic carbocycles. The molecule has 0 radical (unpaired) electrons. The lowest BCUT2D eigenvalue weighted by atomic mass is 10.1. The highest BCUT2D eigenvalue weighted by Gasteiger charge is 2.36. The number of ether oxygens (including phenoxy) is 2. The lowest BCUT2D eigenvalue weighted by molar-refractivity contribution is 0.354. The van der Waals surface area contributed by atoms with E-state index in [1.54, 1.807) is 26.0 Å². The predicted molar refractivity (Wildman–Crippen MR) is 94.1 cm³/mol. The van der Waals surface area contributed by atoms with Gasteiger partial charge >= 0.3 is 0 Å². The first-order valence-electron chi connectivity index (χ1n) is 8.50. The Balaban J connectivity index is 1.55. The van der Waals surface area contributed by atoms with Gasteiger partial charge in [0.1, 0.15) is 5.82 Å². The van der Waals surface area contributed by atoms with Gasteiger partial charge in [-0.25, -0.2) is 0 Å². The van der Waals surface area contributed by atoms with Crippen molar-refractivity contribution in [3.05, 3.63) is 29.1 Å². The number of thioether (sulfide) groups is 1. The summed E-state index contributed by atoms with van der Waals surface area (Å²) in [6.07, 6.45) is 5.07. The summed E-state index contributed by atoms with van der Waals surface area (Å²) in [6, 6.07) is 4.74. The summed E-state index contributed by atoms with van der Waals surface area (Å²) in [4.78, 5) is 0. The summed E-state index contributed by atoms with van der Waals surface area (Å²) in [7, 11) is 3.35. The number of methoxy groups -OCH3 is 2. The highest BCUT2D eigenvalue weighted by Crippen LogP contribution is 2.46. The molecule has 2 aliphatic carbocycles. The minimum Gasteiger partial charge on any atom is -0.493 e. The molecule has 0 saturated heterocycles. The highest BCUT2D eigenvalue weighted by molar-refractivity contribution is 7.98. The molecule has 0 aliphatic heterocycles. The van der Waals surface area contributed by atoms with Crippen LogP contribution in [-0.4, -0.2) is 29.0 Å². The van der Waals surface area contributed by atoms with Crippen molar-refractivity contribution >= 4 is 11.8 Å². The van der Waals surface area contributed by atoms with Crippen LogP contribution in [0.2, 0.25) is 0 Å². The van der Waals surface area contributed by atoms with Crippen molar-refractivity contribution in [1.29, 1.82) is 0 Å². The molecule has 128 valence electrons. The third kappa shape index (κ3) is 2.99. The van der Waals surface area contributed by atoms with Crippen LogP contribution in [0, 0.1) is 6.92 Å². The van der Waals surface area contributed by atoms with Crippen LogP contribution >= 0.6 is 11.8 Å². The minimum atomic E-state index is 0.629. The van der Waals surface area contributed by atoms with Crippen LogP contribution < -0.4 is 9.47 Å². The van der Waals surface area contributed by atoms with Gasteiger partial charge in [-0.3, -0.25) is 0 Å². The number of aromatic nitrogens is 3. The second-order valence-corrected chi connectivity index (χ2v) is 7.58. The molecule has 0 amide bonds. The molecule has 2 aliphatic rings. The Morgan fingerprint density at radius 2 is 1.79 bits per heavy atom. The average molecular weight is 345 g/mol. The molecule has 0 unspecified atom stereocenters. The number of aryl methyl sites for hydroxylation is 1. The van der Waals surface area contributed by atoms with Gasteiger partial charge in [-0.1, -0.05) is 11.8 Å². The zero-order valence-corrected chi connectivity index (χ0v) is 15.2. The number of hydrogen-bond donors (Lipinski definition) is 0. The van der Waals surface area contributed by atoms with Crippen molar-refractivity contribution < 1.29 is 9.47 Å². The number of rotatable bonds is 7. The molecule has 0 atom stereocenters. The number of hydrogen-bond acceptors (Lipinski definition) is 5. The van der Waals surface area contributed by atoms with Gasteiger partial charge in [0, 0.05) is 17.7 Å². The SMILES string of the molecule is COc1cc(C)c(CSc2nnc(C3CC3)n2C2CC2)cc1OC. The van der Waals surface area contributed by atoms with Crippen LogP contribution in [0.3, 0.4) is 0 Å². The van der Waals surface area contributed by atoms with E-state index in [9.17, 15) is 0 Å². The van der Waals surface area contributed by atoms with Gasteiger partial charge in [0.25, 0.3) is 0 Å². The fourth-order valence-electron chi connectivity index (χ4n) is 3.00. The van der Waals surface area contributed by atoms with Crippen LogP contribution in [0.4, 0.5) is 0 Å². The highest BCUT2D eigenvalue weighted by atomic mass is 32.2. The maximum absolute atomic E-state index is 5.43. The largest absolute Gasteiger partial charge is 0.493 e. The van der Waals surface area contributed by atoms with Gasteiger partial charge in [-0.05, 0) is 55.9 Å². The Labute approximate surface area is 146 Å². The van der Waals surface area contributed by atoms with Gasteiger partial charge in [0.2, 0.25) is 0 Å². The van der Waals surface area contributed by atoms with Crippen LogP contribution in [-0.2, 0) is 5.75 Å². The smallest absolute Gasteiger partial charge is 0.191 e. The molecule has 0 spiro atoms. The summed E-state index contributed by atoms with van der Waals surface area (Å²) in [5.41, 5.74) is 2.45. The monoisotopic (exact) mass is 345 g/mol. The number of nitrogens with zero attached hydrogens (tertiary/aromatic N) is 3. The van der Waals surface area contributed by atoms with E-state index in [0.29, 0.717) is 12.0 Å². The Kier molecular flexibility index (Phi) is 4.16. The van der Waals surface area contributed by atoms with E-state index in [4.69, 9.17) is 9.47 Å². The van der Waals surface area contributed by atoms with Crippen molar-refractivity contribution in [1.82, 2.24) is 14.8 Å². The lowest BCUT2D eigenvalue weighted by Crippen LogP contribution is -2.02. The Bertz CT molecular complexity index is 751. The molecule has 1 aromatic heterocycles. The van der Waals surface area contributed by atoms with Crippen LogP contribution in [0.15, 0.2) is 17.3 Å². The lowest BCUT2D eigenvalue weighted by Gasteiger charge is -2.13. The van der Waals surface area contributed by atoms with Crippen LogP contribution in [0.5, 0.6) is 11.5 Å². The molecular formula is C18H23N3O2S. The first-order valence-corrected chi connectivity index (χ1v) is 9.49. The third-order valence-corrected chi connectivity index (χ3v) is 5.74. The molecule has 1 heterocycles. The summed E-state index contributed by atoms with van der Waals surface area (Å²) in [5, 5.41) is 10.0. The minimum absolute atomic E-state index is 0.629. The normalized spacial score (nSPS) is 17.1. The quantitative estimate of drug-likeness (QED) is 0.707.